The predicted octanol–water partition coefficient (Wildman–Crippen LogP) is 3.24. The molecule has 2 aliphatic rings. The molecule has 0 spiro atoms. The Kier molecular flexibility index (Phi) is 2.77. The molecule has 6 heteroatoms. The van der Waals surface area contributed by atoms with E-state index in [-0.39, 0.29) is 17.5 Å². The summed E-state index contributed by atoms with van der Waals surface area (Å²) < 4.78 is 39.1. The zero-order valence-electron chi connectivity index (χ0n) is 10.3. The van der Waals surface area contributed by atoms with Gasteiger partial charge in [0.05, 0.1) is 11.3 Å². The molecule has 0 saturated heterocycles. The van der Waals surface area contributed by atoms with Crippen molar-refractivity contribution in [2.75, 3.05) is 5.32 Å². The van der Waals surface area contributed by atoms with Gasteiger partial charge in [0.25, 0.3) is 0 Å². The fourth-order valence-electron chi connectivity index (χ4n) is 3.10. The number of hydrogen-bond acceptors (Lipinski definition) is 2. The van der Waals surface area contributed by atoms with Crippen LogP contribution in [0.2, 0.25) is 0 Å². The van der Waals surface area contributed by atoms with Crippen molar-refractivity contribution in [1.82, 2.24) is 0 Å². The van der Waals surface area contributed by atoms with E-state index in [0.29, 0.717) is 12.0 Å². The summed E-state index contributed by atoms with van der Waals surface area (Å²) in [5.74, 6) is -1.62. The van der Waals surface area contributed by atoms with E-state index < -0.39 is 23.8 Å². The first-order valence-electron chi connectivity index (χ1n) is 6.25. The fraction of sp³-hybridized carbons (Fsp3) is 0.357. The minimum absolute atomic E-state index is 0.0970. The SMILES string of the molecule is O=C(O)[C@@H]1Nc2c(cccc2C(F)(F)F)[C@@H]2C=CC[C@H]12. The third-order valence-corrected chi connectivity index (χ3v) is 3.97. The molecule has 3 atom stereocenters. The van der Waals surface area contributed by atoms with Gasteiger partial charge in [-0.15, -0.1) is 0 Å². The molecule has 0 aromatic heterocycles. The van der Waals surface area contributed by atoms with Crippen LogP contribution in [0.5, 0.6) is 0 Å². The van der Waals surface area contributed by atoms with Gasteiger partial charge >= 0.3 is 12.1 Å². The van der Waals surface area contributed by atoms with E-state index in [2.05, 4.69) is 5.32 Å². The summed E-state index contributed by atoms with van der Waals surface area (Å²) in [5, 5.41) is 11.8. The molecular weight excluding hydrogens is 271 g/mol. The summed E-state index contributed by atoms with van der Waals surface area (Å²) in [5.41, 5.74) is -0.378. The van der Waals surface area contributed by atoms with Crippen molar-refractivity contribution < 1.29 is 23.1 Å². The Morgan fingerprint density at radius 2 is 2.10 bits per heavy atom. The maximum Gasteiger partial charge on any atom is 0.418 e. The van der Waals surface area contributed by atoms with Gasteiger partial charge in [0, 0.05) is 11.8 Å². The number of rotatable bonds is 1. The normalized spacial score (nSPS) is 27.6. The van der Waals surface area contributed by atoms with Gasteiger partial charge in [-0.25, -0.2) is 4.79 Å². The van der Waals surface area contributed by atoms with Gasteiger partial charge in [0.1, 0.15) is 6.04 Å². The van der Waals surface area contributed by atoms with Crippen molar-refractivity contribution in [1.29, 1.82) is 0 Å². The zero-order valence-corrected chi connectivity index (χ0v) is 10.3. The second kappa shape index (κ2) is 4.26. The topological polar surface area (TPSA) is 49.3 Å². The molecular formula is C14H12F3NO2. The molecule has 0 amide bonds. The Bertz CT molecular complexity index is 595. The summed E-state index contributed by atoms with van der Waals surface area (Å²) in [7, 11) is 0. The molecule has 0 saturated carbocycles. The number of carbonyl (C=O) groups is 1. The number of carboxylic acid groups (broad SMARTS) is 1. The van der Waals surface area contributed by atoms with Gasteiger partial charge in [-0.3, -0.25) is 0 Å². The maximum atomic E-state index is 13.0. The number of halogens is 3. The smallest absolute Gasteiger partial charge is 0.418 e. The number of carboxylic acids is 1. The highest BCUT2D eigenvalue weighted by atomic mass is 19.4. The number of anilines is 1. The van der Waals surface area contributed by atoms with Crippen LogP contribution in [0.3, 0.4) is 0 Å². The van der Waals surface area contributed by atoms with Crippen LogP contribution >= 0.6 is 0 Å². The third kappa shape index (κ3) is 1.87. The van der Waals surface area contributed by atoms with E-state index in [4.69, 9.17) is 0 Å². The second-order valence-electron chi connectivity index (χ2n) is 5.08. The molecule has 1 aliphatic heterocycles. The molecule has 3 rings (SSSR count). The minimum atomic E-state index is -4.50. The van der Waals surface area contributed by atoms with Gasteiger partial charge in [0.2, 0.25) is 0 Å². The molecule has 106 valence electrons. The molecule has 3 nitrogen and oxygen atoms in total. The van der Waals surface area contributed by atoms with Gasteiger partial charge in [0.15, 0.2) is 0 Å². The zero-order chi connectivity index (χ0) is 14.5. The first-order chi connectivity index (χ1) is 9.39. The van der Waals surface area contributed by atoms with Crippen LogP contribution in [-0.2, 0) is 11.0 Å². The van der Waals surface area contributed by atoms with Gasteiger partial charge in [-0.1, -0.05) is 24.3 Å². The molecule has 1 aliphatic carbocycles. The molecule has 2 N–H and O–H groups in total. The Morgan fingerprint density at radius 1 is 1.35 bits per heavy atom. The molecule has 0 radical (unpaired) electrons. The summed E-state index contributed by atoms with van der Waals surface area (Å²) in [6.45, 7) is 0. The lowest BCUT2D eigenvalue weighted by Gasteiger charge is -2.36. The number of fused-ring (bicyclic) bond motifs is 3. The number of hydrogen-bond donors (Lipinski definition) is 2. The molecule has 1 aromatic rings. The Morgan fingerprint density at radius 3 is 2.75 bits per heavy atom. The average Bonchev–Trinajstić information content (AvgIpc) is 2.84. The van der Waals surface area contributed by atoms with E-state index in [1.54, 1.807) is 12.1 Å². The Labute approximate surface area is 113 Å². The summed E-state index contributed by atoms with van der Waals surface area (Å²) >= 11 is 0. The lowest BCUT2D eigenvalue weighted by atomic mass is 9.78. The van der Waals surface area contributed by atoms with Gasteiger partial charge in [-0.2, -0.15) is 13.2 Å². The average molecular weight is 283 g/mol. The monoisotopic (exact) mass is 283 g/mol. The maximum absolute atomic E-state index is 13.0. The van der Waals surface area contributed by atoms with Crippen LogP contribution < -0.4 is 5.32 Å². The van der Waals surface area contributed by atoms with Crippen molar-refractivity contribution in [2.24, 2.45) is 5.92 Å². The Balaban J connectivity index is 2.15. The molecule has 1 aromatic carbocycles. The number of nitrogens with one attached hydrogen (secondary N) is 1. The number of benzene rings is 1. The highest BCUT2D eigenvalue weighted by Gasteiger charge is 2.44. The van der Waals surface area contributed by atoms with Crippen LogP contribution in [0.25, 0.3) is 0 Å². The van der Waals surface area contributed by atoms with Gasteiger partial charge in [-0.05, 0) is 18.1 Å². The van der Waals surface area contributed by atoms with E-state index in [9.17, 15) is 23.1 Å². The van der Waals surface area contributed by atoms with Crippen LogP contribution in [0, 0.1) is 5.92 Å². The number of alkyl halides is 3. The van der Waals surface area contributed by atoms with E-state index in [1.807, 2.05) is 6.08 Å². The van der Waals surface area contributed by atoms with Crippen molar-refractivity contribution in [2.45, 2.75) is 24.6 Å². The van der Waals surface area contributed by atoms with Crippen LogP contribution in [0.4, 0.5) is 18.9 Å². The van der Waals surface area contributed by atoms with Crippen LogP contribution in [0.1, 0.15) is 23.5 Å². The fourth-order valence-corrected chi connectivity index (χ4v) is 3.10. The first kappa shape index (κ1) is 13.0. The van der Waals surface area contributed by atoms with Crippen LogP contribution in [-0.4, -0.2) is 17.1 Å². The summed E-state index contributed by atoms with van der Waals surface area (Å²) in [4.78, 5) is 11.3. The standard InChI is InChI=1S/C14H12F3NO2/c15-14(16,17)10-6-2-5-8-7-3-1-4-9(7)12(13(19)20)18-11(8)10/h1-3,5-7,9,12,18H,4H2,(H,19,20)/t7-,9-,12+/m0/s1. The van der Waals surface area contributed by atoms with E-state index in [0.717, 1.165) is 6.07 Å². The van der Waals surface area contributed by atoms with Crippen molar-refractivity contribution in [3.8, 4) is 0 Å². The summed E-state index contributed by atoms with van der Waals surface area (Å²) in [6.07, 6.45) is -0.302. The van der Waals surface area contributed by atoms with Crippen molar-refractivity contribution in [3.05, 3.63) is 41.5 Å². The quantitative estimate of drug-likeness (QED) is 0.778. The molecule has 0 unspecified atom stereocenters. The van der Waals surface area contributed by atoms with E-state index in [1.165, 1.54) is 6.07 Å². The molecule has 20 heavy (non-hydrogen) atoms. The molecule has 0 bridgehead atoms. The number of aliphatic carboxylic acids is 1. The highest BCUT2D eigenvalue weighted by Crippen LogP contribution is 2.48. The number of allylic oxidation sites excluding steroid dienone is 2. The molecule has 0 fully saturated rings. The minimum Gasteiger partial charge on any atom is -0.480 e. The van der Waals surface area contributed by atoms with E-state index >= 15 is 0 Å². The largest absolute Gasteiger partial charge is 0.480 e. The van der Waals surface area contributed by atoms with Gasteiger partial charge < -0.3 is 10.4 Å². The summed E-state index contributed by atoms with van der Waals surface area (Å²) in [6, 6.07) is 2.98. The Hall–Kier alpha value is -1.98. The second-order valence-corrected chi connectivity index (χ2v) is 5.08. The molecule has 1 heterocycles. The lowest BCUT2D eigenvalue weighted by molar-refractivity contribution is -0.140. The third-order valence-electron chi connectivity index (χ3n) is 3.97. The van der Waals surface area contributed by atoms with Crippen LogP contribution in [0.15, 0.2) is 30.4 Å². The highest BCUT2D eigenvalue weighted by molar-refractivity contribution is 5.81. The van der Waals surface area contributed by atoms with Crippen molar-refractivity contribution >= 4 is 11.7 Å². The number of para-hydroxylation sites is 1. The van der Waals surface area contributed by atoms with Crippen molar-refractivity contribution in [3.63, 3.8) is 0 Å². The lowest BCUT2D eigenvalue weighted by Crippen LogP contribution is -2.42. The predicted molar refractivity (Wildman–Crippen MR) is 66.5 cm³/mol. The first-order valence-corrected chi connectivity index (χ1v) is 6.25.